The van der Waals surface area contributed by atoms with Crippen molar-refractivity contribution in [3.05, 3.63) is 46.5 Å². The predicted molar refractivity (Wildman–Crippen MR) is 81.9 cm³/mol. The molecule has 1 aliphatic rings. The molecular formula is C16H18N4O2. The molecule has 0 aliphatic heterocycles. The van der Waals surface area contributed by atoms with Crippen LogP contribution in [0.1, 0.15) is 32.0 Å². The number of nitrogens with one attached hydrogen (secondary N) is 2. The fraction of sp³-hybridized carbons (Fsp3) is 0.375. The van der Waals surface area contributed by atoms with Crippen molar-refractivity contribution >= 4 is 5.91 Å². The molecule has 0 spiro atoms. The Morgan fingerprint density at radius 1 is 1.45 bits per heavy atom. The van der Waals surface area contributed by atoms with Crippen LogP contribution >= 0.6 is 0 Å². The number of carbonyl (C=O) groups is 1. The van der Waals surface area contributed by atoms with Crippen molar-refractivity contribution in [2.45, 2.75) is 26.3 Å². The highest BCUT2D eigenvalue weighted by Gasteiger charge is 2.39. The van der Waals surface area contributed by atoms with Gasteiger partial charge in [-0.3, -0.25) is 14.6 Å². The van der Waals surface area contributed by atoms with Gasteiger partial charge >= 0.3 is 0 Å². The molecule has 2 N–H and O–H groups in total. The highest BCUT2D eigenvalue weighted by Crippen LogP contribution is 2.38. The maximum atomic E-state index is 12.0. The molecule has 2 heterocycles. The Morgan fingerprint density at radius 2 is 2.23 bits per heavy atom. The second-order valence-corrected chi connectivity index (χ2v) is 5.78. The van der Waals surface area contributed by atoms with E-state index in [1.54, 1.807) is 18.3 Å². The summed E-state index contributed by atoms with van der Waals surface area (Å²) in [7, 11) is 0. The van der Waals surface area contributed by atoms with E-state index in [0.717, 1.165) is 6.42 Å². The summed E-state index contributed by atoms with van der Waals surface area (Å²) in [5.41, 5.74) is 0.869. The number of nitrogens with zero attached hydrogens (tertiary/aromatic N) is 2. The van der Waals surface area contributed by atoms with Gasteiger partial charge in [-0.25, -0.2) is 4.98 Å². The fourth-order valence-corrected chi connectivity index (χ4v) is 2.40. The van der Waals surface area contributed by atoms with E-state index >= 15 is 0 Å². The van der Waals surface area contributed by atoms with Gasteiger partial charge in [0, 0.05) is 18.2 Å². The van der Waals surface area contributed by atoms with Gasteiger partial charge in [-0.2, -0.15) is 0 Å². The normalized spacial score (nSPS) is 21.2. The smallest absolute Gasteiger partial charge is 0.251 e. The van der Waals surface area contributed by atoms with Gasteiger partial charge in [0.1, 0.15) is 5.69 Å². The van der Waals surface area contributed by atoms with Crippen LogP contribution in [0.4, 0.5) is 0 Å². The van der Waals surface area contributed by atoms with Crippen molar-refractivity contribution in [1.29, 1.82) is 0 Å². The summed E-state index contributed by atoms with van der Waals surface area (Å²) in [5, 5.41) is 2.92. The van der Waals surface area contributed by atoms with E-state index < -0.39 is 0 Å². The Bertz CT molecular complexity index is 741. The summed E-state index contributed by atoms with van der Waals surface area (Å²) in [6, 6.07) is 6.50. The molecule has 3 rings (SSSR count). The van der Waals surface area contributed by atoms with Gasteiger partial charge in [0.05, 0.1) is 11.7 Å². The molecule has 0 radical (unpaired) electrons. The highest BCUT2D eigenvalue weighted by atomic mass is 16.2. The molecule has 2 aromatic heterocycles. The fourth-order valence-electron chi connectivity index (χ4n) is 2.40. The number of aromatic nitrogens is 3. The summed E-state index contributed by atoms with van der Waals surface area (Å²) in [6.07, 6.45) is 2.57. The molecule has 22 heavy (non-hydrogen) atoms. The number of aromatic amines is 1. The van der Waals surface area contributed by atoms with Gasteiger partial charge < -0.3 is 10.3 Å². The minimum absolute atomic E-state index is 0.0291. The zero-order chi connectivity index (χ0) is 15.7. The average Bonchev–Trinajstić information content (AvgIpc) is 3.24. The summed E-state index contributed by atoms with van der Waals surface area (Å²) in [6.45, 7) is 3.88. The van der Waals surface area contributed by atoms with E-state index in [2.05, 4.69) is 27.2 Å². The van der Waals surface area contributed by atoms with Gasteiger partial charge in [0.25, 0.3) is 5.56 Å². The lowest BCUT2D eigenvalue weighted by molar-refractivity contribution is -0.123. The number of carbonyl (C=O) groups excluding carboxylic acids is 1. The number of amides is 1. The third-order valence-electron chi connectivity index (χ3n) is 3.92. The molecule has 3 atom stereocenters. The standard InChI is InChI=1S/C16H18N4O2/c1-9-7-11(9)16(22)18-10(2)13-8-14(21)20-15(19-13)12-5-3-4-6-17-12/h3-6,8-11H,7H2,1-2H3,(H,18,22)(H,19,20,21). The SMILES string of the molecule is CC(NC(=O)C1CC1C)c1cc(=O)[nH]c(-c2ccccn2)n1. The minimum Gasteiger partial charge on any atom is -0.348 e. The zero-order valence-electron chi connectivity index (χ0n) is 12.5. The lowest BCUT2D eigenvalue weighted by atomic mass is 10.2. The molecule has 1 aliphatic carbocycles. The van der Waals surface area contributed by atoms with Crippen LogP contribution in [0.15, 0.2) is 35.3 Å². The van der Waals surface area contributed by atoms with Crippen LogP contribution in [0.5, 0.6) is 0 Å². The second kappa shape index (κ2) is 5.71. The molecular weight excluding hydrogens is 280 g/mol. The first kappa shape index (κ1) is 14.4. The molecule has 0 aromatic carbocycles. The Labute approximate surface area is 128 Å². The maximum absolute atomic E-state index is 12.0. The van der Waals surface area contributed by atoms with E-state index in [1.165, 1.54) is 6.07 Å². The molecule has 6 nitrogen and oxygen atoms in total. The second-order valence-electron chi connectivity index (χ2n) is 5.78. The molecule has 0 saturated heterocycles. The number of H-pyrrole nitrogens is 1. The highest BCUT2D eigenvalue weighted by molar-refractivity contribution is 5.81. The predicted octanol–water partition coefficient (Wildman–Crippen LogP) is 1.67. The van der Waals surface area contributed by atoms with E-state index in [1.807, 2.05) is 13.0 Å². The van der Waals surface area contributed by atoms with Crippen LogP contribution in [-0.2, 0) is 4.79 Å². The monoisotopic (exact) mass is 298 g/mol. The number of hydrogen-bond acceptors (Lipinski definition) is 4. The van der Waals surface area contributed by atoms with Crippen LogP contribution < -0.4 is 10.9 Å². The lowest BCUT2D eigenvalue weighted by Gasteiger charge is -2.14. The Balaban J connectivity index is 1.83. The summed E-state index contributed by atoms with van der Waals surface area (Å²) in [4.78, 5) is 35.1. The van der Waals surface area contributed by atoms with E-state index in [4.69, 9.17) is 0 Å². The van der Waals surface area contributed by atoms with Crippen molar-refractivity contribution < 1.29 is 4.79 Å². The molecule has 1 saturated carbocycles. The van der Waals surface area contributed by atoms with Crippen molar-refractivity contribution in [3.63, 3.8) is 0 Å². The minimum atomic E-state index is -0.315. The van der Waals surface area contributed by atoms with Crippen molar-refractivity contribution in [1.82, 2.24) is 20.3 Å². The molecule has 1 amide bonds. The lowest BCUT2D eigenvalue weighted by Crippen LogP contribution is -2.30. The van der Waals surface area contributed by atoms with Crippen molar-refractivity contribution in [3.8, 4) is 11.5 Å². The molecule has 3 unspecified atom stereocenters. The van der Waals surface area contributed by atoms with Gasteiger partial charge in [0.2, 0.25) is 5.91 Å². The topological polar surface area (TPSA) is 87.7 Å². The Morgan fingerprint density at radius 3 is 2.86 bits per heavy atom. The molecule has 0 bridgehead atoms. The first-order valence-corrected chi connectivity index (χ1v) is 7.37. The van der Waals surface area contributed by atoms with E-state index in [0.29, 0.717) is 23.1 Å². The van der Waals surface area contributed by atoms with Gasteiger partial charge in [0.15, 0.2) is 5.82 Å². The van der Waals surface area contributed by atoms with Gasteiger partial charge in [-0.15, -0.1) is 0 Å². The van der Waals surface area contributed by atoms with Crippen LogP contribution in [0, 0.1) is 11.8 Å². The van der Waals surface area contributed by atoms with Crippen LogP contribution in [0.2, 0.25) is 0 Å². The molecule has 2 aromatic rings. The molecule has 6 heteroatoms. The Hall–Kier alpha value is -2.50. The third kappa shape index (κ3) is 3.05. The first-order chi connectivity index (χ1) is 10.5. The zero-order valence-corrected chi connectivity index (χ0v) is 12.5. The van der Waals surface area contributed by atoms with Crippen molar-refractivity contribution in [2.75, 3.05) is 0 Å². The largest absolute Gasteiger partial charge is 0.348 e. The maximum Gasteiger partial charge on any atom is 0.251 e. The third-order valence-corrected chi connectivity index (χ3v) is 3.92. The summed E-state index contributed by atoms with van der Waals surface area (Å²) >= 11 is 0. The Kier molecular flexibility index (Phi) is 3.75. The molecule has 114 valence electrons. The number of pyridine rings is 1. The van der Waals surface area contributed by atoms with Crippen LogP contribution in [0.25, 0.3) is 11.5 Å². The average molecular weight is 298 g/mol. The molecule has 1 fully saturated rings. The van der Waals surface area contributed by atoms with Crippen molar-refractivity contribution in [2.24, 2.45) is 11.8 Å². The van der Waals surface area contributed by atoms with Gasteiger partial charge in [-0.05, 0) is 31.4 Å². The number of hydrogen-bond donors (Lipinski definition) is 2. The first-order valence-electron chi connectivity index (χ1n) is 7.37. The number of rotatable bonds is 4. The summed E-state index contributed by atoms with van der Waals surface area (Å²) < 4.78 is 0. The van der Waals surface area contributed by atoms with E-state index in [-0.39, 0.29) is 23.4 Å². The van der Waals surface area contributed by atoms with Crippen LogP contribution in [0.3, 0.4) is 0 Å². The van der Waals surface area contributed by atoms with E-state index in [9.17, 15) is 9.59 Å². The summed E-state index contributed by atoms with van der Waals surface area (Å²) in [5.74, 6) is 0.980. The quantitative estimate of drug-likeness (QED) is 0.898. The van der Waals surface area contributed by atoms with Gasteiger partial charge in [-0.1, -0.05) is 13.0 Å². The van der Waals surface area contributed by atoms with Crippen LogP contribution in [-0.4, -0.2) is 20.9 Å².